The summed E-state index contributed by atoms with van der Waals surface area (Å²) in [5, 5.41) is 0.482. The van der Waals surface area contributed by atoms with Crippen molar-refractivity contribution in [1.29, 1.82) is 0 Å². The average Bonchev–Trinajstić information content (AvgIpc) is 2.55. The van der Waals surface area contributed by atoms with E-state index >= 15 is 0 Å². The highest BCUT2D eigenvalue weighted by Crippen LogP contribution is 2.16. The number of rotatable bonds is 4. The van der Waals surface area contributed by atoms with Gasteiger partial charge in [0.05, 0.1) is 27.9 Å². The molecule has 118 valence electrons. The largest absolute Gasteiger partial charge is 0.298 e. The minimum absolute atomic E-state index is 0.0645. The van der Waals surface area contributed by atoms with Gasteiger partial charge in [-0.1, -0.05) is 28.1 Å². The standard InChI is InChI=1S/C16H13BrN2O3S/c17-12-5-7-13(8-6-12)23(21,22)10-9-19-11-18-15-4-2-1-3-14(15)16(19)20/h1-8,11H,9-10H2. The van der Waals surface area contributed by atoms with Crippen molar-refractivity contribution in [3.8, 4) is 0 Å². The number of sulfone groups is 1. The molecule has 1 aromatic heterocycles. The van der Waals surface area contributed by atoms with E-state index in [1.54, 1.807) is 48.5 Å². The molecule has 3 rings (SSSR count). The Kier molecular flexibility index (Phi) is 4.32. The molecular formula is C16H13BrN2O3S. The molecule has 0 saturated heterocycles. The van der Waals surface area contributed by atoms with Gasteiger partial charge >= 0.3 is 0 Å². The van der Waals surface area contributed by atoms with Gasteiger partial charge < -0.3 is 0 Å². The molecule has 0 fully saturated rings. The van der Waals surface area contributed by atoms with Gasteiger partial charge in [-0.3, -0.25) is 9.36 Å². The molecule has 0 atom stereocenters. The van der Waals surface area contributed by atoms with Crippen LogP contribution in [0.4, 0.5) is 0 Å². The fraction of sp³-hybridized carbons (Fsp3) is 0.125. The van der Waals surface area contributed by atoms with E-state index in [2.05, 4.69) is 20.9 Å². The van der Waals surface area contributed by atoms with Crippen LogP contribution in [0, 0.1) is 0 Å². The smallest absolute Gasteiger partial charge is 0.261 e. The highest BCUT2D eigenvalue weighted by molar-refractivity contribution is 9.10. The summed E-state index contributed by atoms with van der Waals surface area (Å²) in [6, 6.07) is 13.4. The summed E-state index contributed by atoms with van der Waals surface area (Å²) in [6.07, 6.45) is 1.39. The van der Waals surface area contributed by atoms with Gasteiger partial charge in [0.2, 0.25) is 0 Å². The molecule has 0 spiro atoms. The van der Waals surface area contributed by atoms with E-state index in [9.17, 15) is 13.2 Å². The maximum atomic E-state index is 12.3. The number of aromatic nitrogens is 2. The first-order chi connectivity index (χ1) is 11.0. The van der Waals surface area contributed by atoms with Crippen molar-refractivity contribution < 1.29 is 8.42 Å². The van der Waals surface area contributed by atoms with E-state index in [4.69, 9.17) is 0 Å². The van der Waals surface area contributed by atoms with Gasteiger partial charge in [0.15, 0.2) is 9.84 Å². The lowest BCUT2D eigenvalue weighted by atomic mass is 10.2. The van der Waals surface area contributed by atoms with Gasteiger partial charge in [0.1, 0.15) is 0 Å². The zero-order valence-electron chi connectivity index (χ0n) is 12.0. The van der Waals surface area contributed by atoms with Gasteiger partial charge in [-0.2, -0.15) is 0 Å². The highest BCUT2D eigenvalue weighted by Gasteiger charge is 2.15. The fourth-order valence-electron chi connectivity index (χ4n) is 2.24. The van der Waals surface area contributed by atoms with Crippen molar-refractivity contribution in [3.05, 3.63) is 69.7 Å². The number of hydrogen-bond donors (Lipinski definition) is 0. The Balaban J connectivity index is 1.87. The predicted octanol–water partition coefficient (Wildman–Crippen LogP) is 2.63. The van der Waals surface area contributed by atoms with E-state index in [0.717, 1.165) is 4.47 Å². The Morgan fingerprint density at radius 1 is 1.04 bits per heavy atom. The fourth-order valence-corrected chi connectivity index (χ4v) is 3.73. The first kappa shape index (κ1) is 15.9. The number of fused-ring (bicyclic) bond motifs is 1. The van der Waals surface area contributed by atoms with E-state index in [1.165, 1.54) is 10.9 Å². The maximum Gasteiger partial charge on any atom is 0.261 e. The summed E-state index contributed by atoms with van der Waals surface area (Å²) >= 11 is 3.27. The summed E-state index contributed by atoms with van der Waals surface area (Å²) in [7, 11) is -3.45. The molecule has 0 unspecified atom stereocenters. The third-order valence-electron chi connectivity index (χ3n) is 3.51. The van der Waals surface area contributed by atoms with Crippen molar-refractivity contribution in [2.24, 2.45) is 0 Å². The van der Waals surface area contributed by atoms with Crippen molar-refractivity contribution in [2.75, 3.05) is 5.75 Å². The summed E-state index contributed by atoms with van der Waals surface area (Å²) in [5.74, 6) is -0.158. The molecule has 0 aliphatic carbocycles. The summed E-state index contributed by atoms with van der Waals surface area (Å²) in [4.78, 5) is 16.8. The number of para-hydroxylation sites is 1. The molecule has 0 bridgehead atoms. The second-order valence-electron chi connectivity index (χ2n) is 5.03. The predicted molar refractivity (Wildman–Crippen MR) is 92.2 cm³/mol. The second kappa shape index (κ2) is 6.25. The van der Waals surface area contributed by atoms with Gasteiger partial charge in [-0.15, -0.1) is 0 Å². The number of hydrogen-bond acceptors (Lipinski definition) is 4. The lowest BCUT2D eigenvalue weighted by Crippen LogP contribution is -2.24. The average molecular weight is 393 g/mol. The molecule has 0 amide bonds. The number of nitrogens with zero attached hydrogens (tertiary/aromatic N) is 2. The topological polar surface area (TPSA) is 69.0 Å². The highest BCUT2D eigenvalue weighted by atomic mass is 79.9. The monoisotopic (exact) mass is 392 g/mol. The second-order valence-corrected chi connectivity index (χ2v) is 8.06. The van der Waals surface area contributed by atoms with Crippen molar-refractivity contribution in [1.82, 2.24) is 9.55 Å². The van der Waals surface area contributed by atoms with E-state index in [0.29, 0.717) is 10.9 Å². The van der Waals surface area contributed by atoms with Crippen molar-refractivity contribution >= 4 is 36.7 Å². The zero-order valence-corrected chi connectivity index (χ0v) is 14.4. The van der Waals surface area contributed by atoms with E-state index < -0.39 is 9.84 Å². The van der Waals surface area contributed by atoms with E-state index in [1.807, 2.05) is 0 Å². The molecule has 23 heavy (non-hydrogen) atoms. The van der Waals surface area contributed by atoms with Crippen LogP contribution in [0.2, 0.25) is 0 Å². The van der Waals surface area contributed by atoms with Gasteiger partial charge in [-0.05, 0) is 36.4 Å². The van der Waals surface area contributed by atoms with Crippen LogP contribution in [0.3, 0.4) is 0 Å². The molecule has 1 heterocycles. The molecule has 2 aromatic carbocycles. The first-order valence-electron chi connectivity index (χ1n) is 6.90. The van der Waals surface area contributed by atoms with Crippen LogP contribution in [0.15, 0.2) is 69.0 Å². The van der Waals surface area contributed by atoms with Crippen LogP contribution < -0.4 is 5.56 Å². The molecule has 5 nitrogen and oxygen atoms in total. The normalized spacial score (nSPS) is 11.7. The molecule has 0 N–H and O–H groups in total. The van der Waals surface area contributed by atoms with Crippen LogP contribution in [0.5, 0.6) is 0 Å². The Morgan fingerprint density at radius 3 is 2.48 bits per heavy atom. The van der Waals surface area contributed by atoms with Crippen LogP contribution in [0.1, 0.15) is 0 Å². The Hall–Kier alpha value is -1.99. The molecule has 0 radical (unpaired) electrons. The summed E-state index contributed by atoms with van der Waals surface area (Å²) < 4.78 is 26.8. The van der Waals surface area contributed by atoms with Gasteiger partial charge in [0.25, 0.3) is 5.56 Å². The van der Waals surface area contributed by atoms with Gasteiger partial charge in [-0.25, -0.2) is 13.4 Å². The lowest BCUT2D eigenvalue weighted by Gasteiger charge is -2.08. The Bertz CT molecular complexity index is 1010. The molecule has 0 aliphatic rings. The van der Waals surface area contributed by atoms with Crippen LogP contribution in [0.25, 0.3) is 10.9 Å². The van der Waals surface area contributed by atoms with Gasteiger partial charge in [0, 0.05) is 11.0 Å². The number of halogens is 1. The molecule has 3 aromatic rings. The van der Waals surface area contributed by atoms with E-state index in [-0.39, 0.29) is 22.8 Å². The van der Waals surface area contributed by atoms with Crippen LogP contribution in [-0.4, -0.2) is 23.7 Å². The molecular weight excluding hydrogens is 380 g/mol. The quantitative estimate of drug-likeness (QED) is 0.684. The minimum atomic E-state index is -3.45. The molecule has 0 saturated carbocycles. The SMILES string of the molecule is O=c1c2ccccc2ncn1CCS(=O)(=O)c1ccc(Br)cc1. The minimum Gasteiger partial charge on any atom is -0.298 e. The molecule has 0 aliphatic heterocycles. The zero-order chi connectivity index (χ0) is 16.4. The summed E-state index contributed by atoms with van der Waals surface area (Å²) in [5.41, 5.74) is 0.367. The maximum absolute atomic E-state index is 12.3. The summed E-state index contributed by atoms with van der Waals surface area (Å²) in [6.45, 7) is 0.0645. The van der Waals surface area contributed by atoms with Crippen molar-refractivity contribution in [3.63, 3.8) is 0 Å². The third-order valence-corrected chi connectivity index (χ3v) is 5.74. The van der Waals surface area contributed by atoms with Crippen LogP contribution >= 0.6 is 15.9 Å². The number of benzene rings is 2. The third kappa shape index (κ3) is 3.35. The first-order valence-corrected chi connectivity index (χ1v) is 9.34. The Labute approximate surface area is 141 Å². The molecule has 7 heteroatoms. The lowest BCUT2D eigenvalue weighted by molar-refractivity contribution is 0.586. The Morgan fingerprint density at radius 2 is 1.74 bits per heavy atom. The number of aryl methyl sites for hydroxylation is 1. The van der Waals surface area contributed by atoms with Crippen molar-refractivity contribution in [2.45, 2.75) is 11.4 Å². The van der Waals surface area contributed by atoms with Crippen LogP contribution in [-0.2, 0) is 16.4 Å².